The number of halogens is 4. The highest BCUT2D eigenvalue weighted by atomic mass is 19.3. The molecule has 0 spiro atoms. The van der Waals surface area contributed by atoms with Gasteiger partial charge in [0.25, 0.3) is 18.8 Å². The Balaban J connectivity index is 1.94. The molecule has 0 radical (unpaired) electrons. The van der Waals surface area contributed by atoms with Gasteiger partial charge in [-0.3, -0.25) is 19.5 Å². The molecule has 3 rings (SSSR count). The van der Waals surface area contributed by atoms with Gasteiger partial charge in [0.2, 0.25) is 11.9 Å². The summed E-state index contributed by atoms with van der Waals surface area (Å²) in [5, 5.41) is 2.17. The fourth-order valence-electron chi connectivity index (χ4n) is 2.99. The lowest BCUT2D eigenvalue weighted by molar-refractivity contribution is -0.123. The molecule has 11 heteroatoms. The van der Waals surface area contributed by atoms with Crippen LogP contribution in [-0.2, 0) is 4.79 Å². The van der Waals surface area contributed by atoms with Gasteiger partial charge in [0.15, 0.2) is 6.17 Å². The number of amides is 2. The molecular formula is C22H21F4N5O2. The van der Waals surface area contributed by atoms with Gasteiger partial charge >= 0.3 is 0 Å². The molecule has 33 heavy (non-hydrogen) atoms. The van der Waals surface area contributed by atoms with Crippen LogP contribution in [0.4, 0.5) is 23.5 Å². The van der Waals surface area contributed by atoms with Gasteiger partial charge in [-0.15, -0.1) is 0 Å². The van der Waals surface area contributed by atoms with Crippen molar-refractivity contribution in [3.63, 3.8) is 0 Å². The van der Waals surface area contributed by atoms with Gasteiger partial charge < -0.3 is 10.3 Å². The van der Waals surface area contributed by atoms with Gasteiger partial charge in [-0.05, 0) is 17.7 Å². The first-order valence-electron chi connectivity index (χ1n) is 9.94. The summed E-state index contributed by atoms with van der Waals surface area (Å²) in [4.78, 5) is 36.6. The second-order valence-electron chi connectivity index (χ2n) is 7.40. The first kappa shape index (κ1) is 23.9. The van der Waals surface area contributed by atoms with Crippen molar-refractivity contribution in [2.45, 2.75) is 32.9 Å². The van der Waals surface area contributed by atoms with Gasteiger partial charge in [0.05, 0.1) is 17.5 Å². The van der Waals surface area contributed by atoms with Crippen LogP contribution < -0.4 is 10.2 Å². The number of nitrogens with one attached hydrogen (secondary N) is 2. The minimum atomic E-state index is -3.15. The van der Waals surface area contributed by atoms with E-state index in [1.54, 1.807) is 0 Å². The maximum atomic E-state index is 14.0. The third-order valence-electron chi connectivity index (χ3n) is 4.72. The van der Waals surface area contributed by atoms with Crippen LogP contribution in [0.25, 0.3) is 11.3 Å². The first-order valence-corrected chi connectivity index (χ1v) is 9.94. The van der Waals surface area contributed by atoms with Crippen molar-refractivity contribution in [3.05, 3.63) is 66.1 Å². The lowest BCUT2D eigenvalue weighted by atomic mass is 10.1. The Hall–Kier alpha value is -3.76. The summed E-state index contributed by atoms with van der Waals surface area (Å²) < 4.78 is 53.7. The normalized spacial score (nSPS) is 12.3. The number of aromatic nitrogens is 3. The maximum Gasteiger partial charge on any atom is 0.277 e. The summed E-state index contributed by atoms with van der Waals surface area (Å²) in [5.41, 5.74) is 0.646. The molecule has 1 unspecified atom stereocenters. The number of carbonyl (C=O) groups excluding carboxylic acids is 2. The Morgan fingerprint density at radius 3 is 2.27 bits per heavy atom. The molecule has 1 atom stereocenters. The average molecular weight is 463 g/mol. The highest BCUT2D eigenvalue weighted by molar-refractivity contribution is 5.97. The van der Waals surface area contributed by atoms with Crippen molar-refractivity contribution < 1.29 is 27.2 Å². The van der Waals surface area contributed by atoms with E-state index in [2.05, 4.69) is 20.3 Å². The number of imidazole rings is 1. The number of hydrogen-bond donors (Lipinski definition) is 2. The summed E-state index contributed by atoms with van der Waals surface area (Å²) in [5.74, 6) is -2.47. The molecule has 174 valence electrons. The first-order chi connectivity index (χ1) is 15.7. The van der Waals surface area contributed by atoms with E-state index in [-0.39, 0.29) is 17.1 Å². The van der Waals surface area contributed by atoms with Crippen molar-refractivity contribution in [3.8, 4) is 11.3 Å². The van der Waals surface area contributed by atoms with Crippen molar-refractivity contribution in [2.24, 2.45) is 5.92 Å². The third-order valence-corrected chi connectivity index (χ3v) is 4.72. The van der Waals surface area contributed by atoms with E-state index in [1.165, 1.54) is 68.8 Å². The van der Waals surface area contributed by atoms with Crippen LogP contribution in [-0.4, -0.2) is 39.4 Å². The zero-order chi connectivity index (χ0) is 24.1. The number of carbonyl (C=O) groups is 2. The highest BCUT2D eigenvalue weighted by Gasteiger charge is 2.36. The number of pyridine rings is 1. The molecule has 1 aromatic carbocycles. The number of nitrogens with zero attached hydrogens (tertiary/aromatic N) is 3. The van der Waals surface area contributed by atoms with Gasteiger partial charge in [0, 0.05) is 23.9 Å². The Morgan fingerprint density at radius 2 is 1.73 bits per heavy atom. The highest BCUT2D eigenvalue weighted by Crippen LogP contribution is 2.26. The number of alkyl halides is 4. The van der Waals surface area contributed by atoms with Gasteiger partial charge in [-0.25, -0.2) is 22.5 Å². The Morgan fingerprint density at radius 1 is 1.03 bits per heavy atom. The molecule has 0 saturated carbocycles. The average Bonchev–Trinajstić information content (AvgIpc) is 3.28. The van der Waals surface area contributed by atoms with Gasteiger partial charge in [0.1, 0.15) is 0 Å². The van der Waals surface area contributed by atoms with Crippen molar-refractivity contribution in [1.29, 1.82) is 0 Å². The van der Waals surface area contributed by atoms with Gasteiger partial charge in [-0.1, -0.05) is 38.1 Å². The molecule has 2 aromatic heterocycles. The molecule has 0 bridgehead atoms. The minimum absolute atomic E-state index is 0.0411. The number of aromatic amines is 1. The second-order valence-corrected chi connectivity index (χ2v) is 7.40. The monoisotopic (exact) mass is 463 g/mol. The number of anilines is 1. The van der Waals surface area contributed by atoms with Crippen molar-refractivity contribution in [2.75, 3.05) is 4.90 Å². The zero-order valence-corrected chi connectivity index (χ0v) is 17.7. The fourth-order valence-corrected chi connectivity index (χ4v) is 2.99. The fraction of sp³-hybridized carbons (Fsp3) is 0.273. The number of rotatable bonds is 8. The predicted molar refractivity (Wildman–Crippen MR) is 113 cm³/mol. The molecule has 0 fully saturated rings. The van der Waals surface area contributed by atoms with E-state index in [1.807, 2.05) is 0 Å². The molecular weight excluding hydrogens is 442 g/mol. The van der Waals surface area contributed by atoms with E-state index in [0.717, 1.165) is 0 Å². The lowest BCUT2D eigenvalue weighted by Crippen LogP contribution is -2.56. The van der Waals surface area contributed by atoms with Crippen LogP contribution in [0.3, 0.4) is 0 Å². The summed E-state index contributed by atoms with van der Waals surface area (Å²) in [6.07, 6.45) is -3.88. The summed E-state index contributed by atoms with van der Waals surface area (Å²) in [6, 6.07) is 8.17. The van der Waals surface area contributed by atoms with Crippen molar-refractivity contribution >= 4 is 17.8 Å². The molecule has 3 aromatic rings. The molecule has 0 aliphatic heterocycles. The maximum absolute atomic E-state index is 14.0. The second kappa shape index (κ2) is 10.2. The van der Waals surface area contributed by atoms with E-state index < -0.39 is 36.7 Å². The van der Waals surface area contributed by atoms with Crippen LogP contribution in [0.5, 0.6) is 0 Å². The molecule has 2 amide bonds. The molecule has 2 heterocycles. The number of hydrogen-bond acceptors (Lipinski definition) is 4. The lowest BCUT2D eigenvalue weighted by Gasteiger charge is -2.31. The van der Waals surface area contributed by atoms with Gasteiger partial charge in [-0.2, -0.15) is 0 Å². The largest absolute Gasteiger partial charge is 0.326 e. The Kier molecular flexibility index (Phi) is 7.41. The van der Waals surface area contributed by atoms with Crippen molar-refractivity contribution in [1.82, 2.24) is 20.3 Å². The third kappa shape index (κ3) is 5.54. The topological polar surface area (TPSA) is 91.0 Å². The predicted octanol–water partition coefficient (Wildman–Crippen LogP) is 4.42. The van der Waals surface area contributed by atoms with E-state index in [9.17, 15) is 27.2 Å². The number of H-pyrrole nitrogens is 1. The minimum Gasteiger partial charge on any atom is -0.326 e. The van der Waals surface area contributed by atoms with Crippen LogP contribution in [0.2, 0.25) is 0 Å². The molecule has 0 aliphatic rings. The van der Waals surface area contributed by atoms with E-state index in [4.69, 9.17) is 0 Å². The smallest absolute Gasteiger partial charge is 0.277 e. The summed E-state index contributed by atoms with van der Waals surface area (Å²) >= 11 is 0. The Labute approximate surface area is 186 Å². The summed E-state index contributed by atoms with van der Waals surface area (Å²) in [6.45, 7) is 3.04. The zero-order valence-electron chi connectivity index (χ0n) is 17.7. The molecule has 7 nitrogen and oxygen atoms in total. The molecule has 0 aliphatic carbocycles. The SMILES string of the molecule is CC(C)C(=O)N(c1ncc(-c2ccc(C(F)F)cc2)[nH]1)C(NC(=O)c1cccnc1)C(F)F. The number of benzene rings is 1. The summed E-state index contributed by atoms with van der Waals surface area (Å²) in [7, 11) is 0. The van der Waals surface area contributed by atoms with E-state index >= 15 is 0 Å². The van der Waals surface area contributed by atoms with Crippen LogP contribution >= 0.6 is 0 Å². The van der Waals surface area contributed by atoms with Crippen LogP contribution in [0, 0.1) is 5.92 Å². The standard InChI is InChI=1S/C22H21F4N5O2/c1-12(2)21(33)31(19(18(25)26)30-20(32)15-4-3-9-27-10-15)22-28-11-16(29-22)13-5-7-14(8-6-13)17(23)24/h3-12,17-19H,1-2H3,(H,28,29)(H,30,32). The molecule has 2 N–H and O–H groups in total. The Bertz CT molecular complexity index is 1090. The van der Waals surface area contributed by atoms with Crippen LogP contribution in [0.1, 0.15) is 36.2 Å². The quantitative estimate of drug-likeness (QED) is 0.382. The van der Waals surface area contributed by atoms with E-state index in [0.29, 0.717) is 16.2 Å². The molecule has 0 saturated heterocycles. The van der Waals surface area contributed by atoms with Crippen LogP contribution in [0.15, 0.2) is 55.0 Å².